The van der Waals surface area contributed by atoms with Crippen LogP contribution in [-0.4, -0.2) is 0 Å². The predicted molar refractivity (Wildman–Crippen MR) is 62.1 cm³/mol. The second-order valence-corrected chi connectivity index (χ2v) is 6.85. The van der Waals surface area contributed by atoms with E-state index in [0.29, 0.717) is 10.8 Å². The first-order valence-electron chi connectivity index (χ1n) is 6.33. The standard InChI is InChI=1S/C14H26/c1-9(2)14(6)12-10(3)7-8-11(12)13(14,4)5/h9-12H,7-8H2,1-6H3. The SMILES string of the molecule is CC1CCC2C1C(C)(C(C)C)C2(C)C. The van der Waals surface area contributed by atoms with Crippen molar-refractivity contribution in [2.75, 3.05) is 0 Å². The van der Waals surface area contributed by atoms with Crippen LogP contribution in [0.15, 0.2) is 0 Å². The molecular weight excluding hydrogens is 168 g/mol. The van der Waals surface area contributed by atoms with Crippen molar-refractivity contribution in [3.05, 3.63) is 0 Å². The van der Waals surface area contributed by atoms with Crippen molar-refractivity contribution in [1.29, 1.82) is 0 Å². The molecule has 0 spiro atoms. The zero-order valence-corrected chi connectivity index (χ0v) is 10.7. The average Bonchev–Trinajstić information content (AvgIpc) is 2.44. The minimum atomic E-state index is 0.580. The number of rotatable bonds is 1. The molecule has 0 radical (unpaired) electrons. The Hall–Kier alpha value is 0. The van der Waals surface area contributed by atoms with Gasteiger partial charge in [0, 0.05) is 0 Å². The van der Waals surface area contributed by atoms with Crippen molar-refractivity contribution in [2.45, 2.75) is 54.4 Å². The van der Waals surface area contributed by atoms with Gasteiger partial charge in [0.05, 0.1) is 0 Å². The molecule has 2 aliphatic carbocycles. The summed E-state index contributed by atoms with van der Waals surface area (Å²) in [6, 6.07) is 0. The maximum Gasteiger partial charge on any atom is -0.0215 e. The molecule has 0 N–H and O–H groups in total. The van der Waals surface area contributed by atoms with Gasteiger partial charge in [0.15, 0.2) is 0 Å². The fraction of sp³-hybridized carbons (Fsp3) is 1.00. The number of hydrogen-bond donors (Lipinski definition) is 0. The van der Waals surface area contributed by atoms with E-state index in [1.165, 1.54) is 12.8 Å². The Morgan fingerprint density at radius 3 is 2.14 bits per heavy atom. The minimum absolute atomic E-state index is 0.580. The van der Waals surface area contributed by atoms with Gasteiger partial charge in [0.2, 0.25) is 0 Å². The van der Waals surface area contributed by atoms with Gasteiger partial charge in [0.25, 0.3) is 0 Å². The second-order valence-electron chi connectivity index (χ2n) is 6.85. The lowest BCUT2D eigenvalue weighted by atomic mass is 9.37. The van der Waals surface area contributed by atoms with Crippen molar-refractivity contribution >= 4 is 0 Å². The molecule has 0 aromatic rings. The first-order chi connectivity index (χ1) is 6.33. The van der Waals surface area contributed by atoms with Crippen molar-refractivity contribution in [1.82, 2.24) is 0 Å². The number of fused-ring (bicyclic) bond motifs is 1. The predicted octanol–water partition coefficient (Wildman–Crippen LogP) is 4.35. The van der Waals surface area contributed by atoms with Crippen LogP contribution >= 0.6 is 0 Å². The van der Waals surface area contributed by atoms with Crippen LogP contribution in [-0.2, 0) is 0 Å². The van der Waals surface area contributed by atoms with Crippen molar-refractivity contribution < 1.29 is 0 Å². The molecule has 0 aliphatic heterocycles. The van der Waals surface area contributed by atoms with E-state index < -0.39 is 0 Å². The van der Waals surface area contributed by atoms with E-state index >= 15 is 0 Å². The first-order valence-corrected chi connectivity index (χ1v) is 6.33. The topological polar surface area (TPSA) is 0 Å². The Balaban J connectivity index is 2.33. The lowest BCUT2D eigenvalue weighted by molar-refractivity contribution is -0.201. The van der Waals surface area contributed by atoms with Crippen LogP contribution < -0.4 is 0 Å². The third-order valence-electron chi connectivity index (χ3n) is 6.19. The third-order valence-corrected chi connectivity index (χ3v) is 6.19. The lowest BCUT2D eigenvalue weighted by Crippen LogP contribution is -2.62. The molecule has 2 aliphatic rings. The summed E-state index contributed by atoms with van der Waals surface area (Å²) < 4.78 is 0. The van der Waals surface area contributed by atoms with E-state index in [-0.39, 0.29) is 0 Å². The van der Waals surface area contributed by atoms with E-state index in [1.807, 2.05) is 0 Å². The van der Waals surface area contributed by atoms with Crippen LogP contribution in [0.2, 0.25) is 0 Å². The third kappa shape index (κ3) is 0.907. The van der Waals surface area contributed by atoms with Gasteiger partial charge in [-0.2, -0.15) is 0 Å². The van der Waals surface area contributed by atoms with Gasteiger partial charge in [0.1, 0.15) is 0 Å². The summed E-state index contributed by atoms with van der Waals surface area (Å²) in [5, 5.41) is 0. The monoisotopic (exact) mass is 194 g/mol. The Bertz CT molecular complexity index is 238. The van der Waals surface area contributed by atoms with E-state index in [9.17, 15) is 0 Å². The molecule has 0 aromatic carbocycles. The zero-order valence-electron chi connectivity index (χ0n) is 10.7. The quantitative estimate of drug-likeness (QED) is 0.582. The molecule has 4 unspecified atom stereocenters. The molecule has 2 fully saturated rings. The van der Waals surface area contributed by atoms with Gasteiger partial charge in [-0.15, -0.1) is 0 Å². The molecule has 4 atom stereocenters. The summed E-state index contributed by atoms with van der Waals surface area (Å²) in [5.74, 6) is 3.84. The van der Waals surface area contributed by atoms with E-state index in [1.54, 1.807) is 0 Å². The molecule has 0 nitrogen and oxygen atoms in total. The average molecular weight is 194 g/mol. The molecule has 2 rings (SSSR count). The lowest BCUT2D eigenvalue weighted by Gasteiger charge is -2.68. The fourth-order valence-corrected chi connectivity index (χ4v) is 4.88. The molecule has 0 bridgehead atoms. The normalized spacial score (nSPS) is 50.4. The van der Waals surface area contributed by atoms with E-state index in [4.69, 9.17) is 0 Å². The van der Waals surface area contributed by atoms with E-state index in [0.717, 1.165) is 23.7 Å². The summed E-state index contributed by atoms with van der Waals surface area (Å²) in [6.07, 6.45) is 2.96. The van der Waals surface area contributed by atoms with Gasteiger partial charge < -0.3 is 0 Å². The zero-order chi connectivity index (χ0) is 10.7. The van der Waals surface area contributed by atoms with Crippen LogP contribution in [0.5, 0.6) is 0 Å². The highest BCUT2D eigenvalue weighted by atomic mass is 14.7. The summed E-state index contributed by atoms with van der Waals surface area (Å²) in [5.41, 5.74) is 1.17. The largest absolute Gasteiger partial charge is 0.0622 e. The van der Waals surface area contributed by atoms with Gasteiger partial charge >= 0.3 is 0 Å². The highest BCUT2D eigenvalue weighted by Crippen LogP contribution is 2.73. The van der Waals surface area contributed by atoms with Crippen LogP contribution in [0.25, 0.3) is 0 Å². The minimum Gasteiger partial charge on any atom is -0.0622 e. The Morgan fingerprint density at radius 2 is 1.64 bits per heavy atom. The van der Waals surface area contributed by atoms with Crippen molar-refractivity contribution in [3.63, 3.8) is 0 Å². The molecule has 0 amide bonds. The van der Waals surface area contributed by atoms with Crippen LogP contribution in [0.1, 0.15) is 54.4 Å². The highest BCUT2D eigenvalue weighted by molar-refractivity contribution is 5.15. The van der Waals surface area contributed by atoms with Crippen molar-refractivity contribution in [2.24, 2.45) is 34.5 Å². The second kappa shape index (κ2) is 2.77. The summed E-state index contributed by atoms with van der Waals surface area (Å²) in [4.78, 5) is 0. The Labute approximate surface area is 89.5 Å². The highest BCUT2D eigenvalue weighted by Gasteiger charge is 2.67. The molecule has 82 valence electrons. The molecule has 0 saturated heterocycles. The fourth-order valence-electron chi connectivity index (χ4n) is 4.88. The van der Waals surface area contributed by atoms with Gasteiger partial charge in [-0.25, -0.2) is 0 Å². The van der Waals surface area contributed by atoms with Gasteiger partial charge in [-0.05, 0) is 40.9 Å². The molecule has 0 aromatic heterocycles. The van der Waals surface area contributed by atoms with E-state index in [2.05, 4.69) is 41.5 Å². The maximum absolute atomic E-state index is 2.54. The summed E-state index contributed by atoms with van der Waals surface area (Å²) in [6.45, 7) is 14.9. The molecule has 0 heterocycles. The van der Waals surface area contributed by atoms with Gasteiger partial charge in [-0.1, -0.05) is 48.0 Å². The Kier molecular flexibility index (Phi) is 2.08. The van der Waals surface area contributed by atoms with Gasteiger partial charge in [-0.3, -0.25) is 0 Å². The molecule has 14 heavy (non-hydrogen) atoms. The molecule has 0 heteroatoms. The molecule has 2 saturated carbocycles. The smallest absolute Gasteiger partial charge is 0.0215 e. The van der Waals surface area contributed by atoms with Crippen LogP contribution in [0, 0.1) is 34.5 Å². The summed E-state index contributed by atoms with van der Waals surface area (Å²) >= 11 is 0. The van der Waals surface area contributed by atoms with Crippen molar-refractivity contribution in [3.8, 4) is 0 Å². The first kappa shape index (κ1) is 10.5. The van der Waals surface area contributed by atoms with Crippen LogP contribution in [0.3, 0.4) is 0 Å². The van der Waals surface area contributed by atoms with Crippen LogP contribution in [0.4, 0.5) is 0 Å². The number of hydrogen-bond acceptors (Lipinski definition) is 0. The maximum atomic E-state index is 2.54. The molecular formula is C14H26. The Morgan fingerprint density at radius 1 is 1.07 bits per heavy atom. The summed E-state index contributed by atoms with van der Waals surface area (Å²) in [7, 11) is 0.